The van der Waals surface area contributed by atoms with E-state index in [1.165, 1.54) is 16.8 Å². The van der Waals surface area contributed by atoms with Crippen molar-refractivity contribution in [1.82, 2.24) is 4.98 Å². The molecule has 0 aliphatic carbocycles. The number of rotatable bonds is 5. The Labute approximate surface area is 117 Å². The molecule has 0 atom stereocenters. The third-order valence-electron chi connectivity index (χ3n) is 2.96. The molecule has 0 spiro atoms. The lowest BCUT2D eigenvalue weighted by Crippen LogP contribution is -2.21. The lowest BCUT2D eigenvalue weighted by atomic mass is 10.2. The molecule has 0 unspecified atom stereocenters. The predicted octanol–water partition coefficient (Wildman–Crippen LogP) is 4.00. The first kappa shape index (κ1) is 13.1. The van der Waals surface area contributed by atoms with E-state index in [0.717, 1.165) is 18.4 Å². The van der Waals surface area contributed by atoms with Crippen LogP contribution >= 0.6 is 15.9 Å². The van der Waals surface area contributed by atoms with E-state index < -0.39 is 0 Å². The van der Waals surface area contributed by atoms with Crippen molar-refractivity contribution in [3.63, 3.8) is 0 Å². The first-order valence-corrected chi connectivity index (χ1v) is 7.24. The lowest BCUT2D eigenvalue weighted by molar-refractivity contribution is 0.830. The van der Waals surface area contributed by atoms with Crippen molar-refractivity contribution in [2.75, 3.05) is 11.4 Å². The predicted molar refractivity (Wildman–Crippen MR) is 80.0 cm³/mol. The van der Waals surface area contributed by atoms with Gasteiger partial charge < -0.3 is 4.90 Å². The van der Waals surface area contributed by atoms with Crippen LogP contribution in [0.3, 0.4) is 0 Å². The minimum absolute atomic E-state index is 0.907. The van der Waals surface area contributed by atoms with Crippen LogP contribution in [0.4, 0.5) is 5.69 Å². The molecule has 0 aliphatic heterocycles. The van der Waals surface area contributed by atoms with Gasteiger partial charge in [0, 0.05) is 36.5 Å². The van der Waals surface area contributed by atoms with Crippen LogP contribution in [0.2, 0.25) is 0 Å². The first-order valence-electron chi connectivity index (χ1n) is 6.12. The van der Waals surface area contributed by atoms with E-state index in [4.69, 9.17) is 0 Å². The summed E-state index contributed by atoms with van der Waals surface area (Å²) in [6, 6.07) is 12.8. The second kappa shape index (κ2) is 6.55. The highest BCUT2D eigenvalue weighted by Gasteiger charge is 2.05. The van der Waals surface area contributed by atoms with Crippen molar-refractivity contribution in [1.29, 1.82) is 0 Å². The molecule has 2 rings (SSSR count). The summed E-state index contributed by atoms with van der Waals surface area (Å²) in [5, 5.41) is 0.907. The number of alkyl halides is 1. The van der Waals surface area contributed by atoms with E-state index in [9.17, 15) is 0 Å². The Hall–Kier alpha value is -1.35. The lowest BCUT2D eigenvalue weighted by Gasteiger charge is -2.23. The normalized spacial score (nSPS) is 10.3. The van der Waals surface area contributed by atoms with Crippen LogP contribution in [0.15, 0.2) is 48.8 Å². The average Bonchev–Trinajstić information content (AvgIpc) is 2.46. The number of anilines is 1. The van der Waals surface area contributed by atoms with Gasteiger partial charge in [-0.15, -0.1) is 0 Å². The Bertz CT molecular complexity index is 468. The van der Waals surface area contributed by atoms with Crippen molar-refractivity contribution in [3.8, 4) is 0 Å². The smallest absolute Gasteiger partial charge is 0.0430 e. The van der Waals surface area contributed by atoms with E-state index in [2.05, 4.69) is 69.1 Å². The zero-order valence-corrected chi connectivity index (χ0v) is 12.1. The standard InChI is InChI=1S/C15H17BrN2/c1-2-18(12-14-7-9-17-10-8-14)15-5-3-13(11-16)4-6-15/h3-10H,2,11-12H2,1H3. The molecule has 2 aromatic rings. The van der Waals surface area contributed by atoms with Gasteiger partial charge in [-0.2, -0.15) is 0 Å². The molecule has 1 aromatic carbocycles. The monoisotopic (exact) mass is 304 g/mol. The minimum Gasteiger partial charge on any atom is -0.367 e. The fourth-order valence-electron chi connectivity index (χ4n) is 1.89. The van der Waals surface area contributed by atoms with Gasteiger partial charge in [-0.3, -0.25) is 4.98 Å². The molecule has 1 aromatic heterocycles. The van der Waals surface area contributed by atoms with Crippen LogP contribution in [-0.2, 0) is 11.9 Å². The number of hydrogen-bond acceptors (Lipinski definition) is 2. The van der Waals surface area contributed by atoms with Crippen molar-refractivity contribution >= 4 is 21.6 Å². The first-order chi connectivity index (χ1) is 8.83. The maximum absolute atomic E-state index is 4.05. The van der Waals surface area contributed by atoms with Gasteiger partial charge in [0.05, 0.1) is 0 Å². The Morgan fingerprint density at radius 2 is 1.67 bits per heavy atom. The van der Waals surface area contributed by atoms with E-state index in [1.807, 2.05) is 12.4 Å². The quantitative estimate of drug-likeness (QED) is 0.776. The topological polar surface area (TPSA) is 16.1 Å². The second-order valence-corrected chi connectivity index (χ2v) is 4.73. The molecule has 0 saturated heterocycles. The fourth-order valence-corrected chi connectivity index (χ4v) is 2.26. The number of benzene rings is 1. The summed E-state index contributed by atoms with van der Waals surface area (Å²) in [4.78, 5) is 6.40. The van der Waals surface area contributed by atoms with E-state index in [0.29, 0.717) is 0 Å². The van der Waals surface area contributed by atoms with Gasteiger partial charge in [-0.25, -0.2) is 0 Å². The van der Waals surface area contributed by atoms with Gasteiger partial charge >= 0.3 is 0 Å². The summed E-state index contributed by atoms with van der Waals surface area (Å²) in [7, 11) is 0. The molecule has 3 heteroatoms. The van der Waals surface area contributed by atoms with Crippen LogP contribution in [0.1, 0.15) is 18.1 Å². The highest BCUT2D eigenvalue weighted by molar-refractivity contribution is 9.08. The van der Waals surface area contributed by atoms with Crippen LogP contribution in [0, 0.1) is 0 Å². The number of halogens is 1. The van der Waals surface area contributed by atoms with Gasteiger partial charge in [0.2, 0.25) is 0 Å². The largest absolute Gasteiger partial charge is 0.367 e. The molecule has 18 heavy (non-hydrogen) atoms. The van der Waals surface area contributed by atoms with Crippen LogP contribution < -0.4 is 4.90 Å². The van der Waals surface area contributed by atoms with Crippen molar-refractivity contribution < 1.29 is 0 Å². The Kier molecular flexibility index (Phi) is 4.76. The summed E-state index contributed by atoms with van der Waals surface area (Å²) in [5.41, 5.74) is 3.86. The molecular weight excluding hydrogens is 288 g/mol. The number of aromatic nitrogens is 1. The molecule has 94 valence electrons. The molecule has 2 nitrogen and oxygen atoms in total. The van der Waals surface area contributed by atoms with E-state index >= 15 is 0 Å². The van der Waals surface area contributed by atoms with Gasteiger partial charge in [0.1, 0.15) is 0 Å². The van der Waals surface area contributed by atoms with Gasteiger partial charge in [-0.1, -0.05) is 28.1 Å². The summed E-state index contributed by atoms with van der Waals surface area (Å²) in [6.07, 6.45) is 3.69. The number of nitrogens with zero attached hydrogens (tertiary/aromatic N) is 2. The third kappa shape index (κ3) is 3.33. The summed E-state index contributed by atoms with van der Waals surface area (Å²) < 4.78 is 0. The summed E-state index contributed by atoms with van der Waals surface area (Å²) >= 11 is 3.47. The van der Waals surface area contributed by atoms with E-state index in [1.54, 1.807) is 0 Å². The van der Waals surface area contributed by atoms with Crippen molar-refractivity contribution in [2.45, 2.75) is 18.8 Å². The molecule has 0 N–H and O–H groups in total. The average molecular weight is 305 g/mol. The molecule has 1 heterocycles. The zero-order chi connectivity index (χ0) is 12.8. The molecular formula is C15H17BrN2. The molecule has 0 aliphatic rings. The number of pyridine rings is 1. The van der Waals surface area contributed by atoms with Crippen molar-refractivity contribution in [2.24, 2.45) is 0 Å². The number of hydrogen-bond donors (Lipinski definition) is 0. The second-order valence-electron chi connectivity index (χ2n) is 4.17. The minimum atomic E-state index is 0.907. The van der Waals surface area contributed by atoms with Crippen LogP contribution in [-0.4, -0.2) is 11.5 Å². The highest BCUT2D eigenvalue weighted by atomic mass is 79.9. The molecule has 0 radical (unpaired) electrons. The van der Waals surface area contributed by atoms with Gasteiger partial charge in [0.25, 0.3) is 0 Å². The summed E-state index contributed by atoms with van der Waals surface area (Å²) in [6.45, 7) is 4.10. The van der Waals surface area contributed by atoms with Crippen LogP contribution in [0.5, 0.6) is 0 Å². The SMILES string of the molecule is CCN(Cc1ccncc1)c1ccc(CBr)cc1. The van der Waals surface area contributed by atoms with Crippen molar-refractivity contribution in [3.05, 3.63) is 59.9 Å². The molecule has 0 bridgehead atoms. The maximum Gasteiger partial charge on any atom is 0.0430 e. The Morgan fingerprint density at radius 1 is 1.00 bits per heavy atom. The zero-order valence-electron chi connectivity index (χ0n) is 10.5. The Balaban J connectivity index is 2.12. The van der Waals surface area contributed by atoms with Crippen LogP contribution in [0.25, 0.3) is 0 Å². The third-order valence-corrected chi connectivity index (χ3v) is 3.61. The highest BCUT2D eigenvalue weighted by Crippen LogP contribution is 2.18. The fraction of sp³-hybridized carbons (Fsp3) is 0.267. The molecule has 0 amide bonds. The van der Waals surface area contributed by atoms with E-state index in [-0.39, 0.29) is 0 Å². The maximum atomic E-state index is 4.05. The molecule has 0 saturated carbocycles. The van der Waals surface area contributed by atoms with Gasteiger partial charge in [-0.05, 0) is 42.3 Å². The molecule has 0 fully saturated rings. The summed E-state index contributed by atoms with van der Waals surface area (Å²) in [5.74, 6) is 0. The van der Waals surface area contributed by atoms with Gasteiger partial charge in [0.15, 0.2) is 0 Å². The Morgan fingerprint density at radius 3 is 2.22 bits per heavy atom.